The summed E-state index contributed by atoms with van der Waals surface area (Å²) in [7, 11) is 1.61. The van der Waals surface area contributed by atoms with Crippen LogP contribution in [0.1, 0.15) is 21.6 Å². The first-order valence-corrected chi connectivity index (χ1v) is 8.51. The summed E-state index contributed by atoms with van der Waals surface area (Å²) in [6.07, 6.45) is 4.61. The standard InChI is InChI=1S/C20H21N3O4/c1-13-4-5-15(20-21-6-8-27-20)11-17(13)22-19(25)16-12-23(7-9-26-3)14(2)10-18(16)24/h4-6,8,10-12H,7,9H2,1-3H3,(H,22,25). The Hall–Kier alpha value is -3.19. The molecule has 2 aromatic heterocycles. The van der Waals surface area contributed by atoms with Gasteiger partial charge in [0.25, 0.3) is 5.91 Å². The highest BCUT2D eigenvalue weighted by molar-refractivity contribution is 6.04. The van der Waals surface area contributed by atoms with Gasteiger partial charge < -0.3 is 19.0 Å². The Labute approximate surface area is 156 Å². The van der Waals surface area contributed by atoms with Crippen LogP contribution in [-0.4, -0.2) is 29.2 Å². The van der Waals surface area contributed by atoms with E-state index in [2.05, 4.69) is 10.3 Å². The number of pyridine rings is 1. The fraction of sp³-hybridized carbons (Fsp3) is 0.250. The van der Waals surface area contributed by atoms with Crippen molar-refractivity contribution in [1.29, 1.82) is 0 Å². The minimum Gasteiger partial charge on any atom is -0.445 e. The lowest BCUT2D eigenvalue weighted by Gasteiger charge is -2.13. The van der Waals surface area contributed by atoms with Gasteiger partial charge in [-0.25, -0.2) is 4.98 Å². The molecule has 0 fully saturated rings. The summed E-state index contributed by atoms with van der Waals surface area (Å²) >= 11 is 0. The Balaban J connectivity index is 1.89. The second-order valence-corrected chi connectivity index (χ2v) is 6.20. The largest absolute Gasteiger partial charge is 0.445 e. The van der Waals surface area contributed by atoms with Crippen LogP contribution in [-0.2, 0) is 11.3 Å². The summed E-state index contributed by atoms with van der Waals surface area (Å²) in [5.41, 5.74) is 2.74. The van der Waals surface area contributed by atoms with Gasteiger partial charge in [-0.15, -0.1) is 0 Å². The van der Waals surface area contributed by atoms with Crippen molar-refractivity contribution in [2.24, 2.45) is 0 Å². The van der Waals surface area contributed by atoms with E-state index in [1.54, 1.807) is 25.6 Å². The summed E-state index contributed by atoms with van der Waals surface area (Å²) < 4.78 is 12.2. The number of rotatable bonds is 6. The van der Waals surface area contributed by atoms with E-state index in [-0.39, 0.29) is 11.0 Å². The maximum Gasteiger partial charge on any atom is 0.261 e. The van der Waals surface area contributed by atoms with E-state index in [9.17, 15) is 9.59 Å². The molecule has 0 saturated carbocycles. The average Bonchev–Trinajstić information content (AvgIpc) is 3.17. The van der Waals surface area contributed by atoms with Crippen LogP contribution < -0.4 is 10.7 Å². The monoisotopic (exact) mass is 367 g/mol. The summed E-state index contributed by atoms with van der Waals surface area (Å²) in [6.45, 7) is 4.74. The maximum absolute atomic E-state index is 12.7. The number of hydrogen-bond acceptors (Lipinski definition) is 5. The van der Waals surface area contributed by atoms with Crippen molar-refractivity contribution in [3.05, 3.63) is 70.0 Å². The normalized spacial score (nSPS) is 10.8. The van der Waals surface area contributed by atoms with Crippen molar-refractivity contribution in [1.82, 2.24) is 9.55 Å². The molecule has 1 amide bonds. The van der Waals surface area contributed by atoms with Gasteiger partial charge in [0.2, 0.25) is 5.89 Å². The molecule has 7 heteroatoms. The van der Waals surface area contributed by atoms with Crippen molar-refractivity contribution < 1.29 is 13.9 Å². The van der Waals surface area contributed by atoms with Gasteiger partial charge in [-0.2, -0.15) is 0 Å². The van der Waals surface area contributed by atoms with Crippen molar-refractivity contribution >= 4 is 11.6 Å². The molecule has 1 aromatic carbocycles. The number of aryl methyl sites for hydroxylation is 2. The number of nitrogens with zero attached hydrogens (tertiary/aromatic N) is 2. The zero-order valence-electron chi connectivity index (χ0n) is 15.5. The minimum absolute atomic E-state index is 0.0811. The molecule has 0 saturated heterocycles. The molecule has 2 heterocycles. The van der Waals surface area contributed by atoms with E-state index in [0.29, 0.717) is 24.7 Å². The lowest BCUT2D eigenvalue weighted by Crippen LogP contribution is -2.24. The fourth-order valence-electron chi connectivity index (χ4n) is 2.72. The predicted molar refractivity (Wildman–Crippen MR) is 102 cm³/mol. The molecule has 0 bridgehead atoms. The highest BCUT2D eigenvalue weighted by Gasteiger charge is 2.15. The van der Waals surface area contributed by atoms with Gasteiger partial charge in [0, 0.05) is 42.9 Å². The molecule has 3 aromatic rings. The van der Waals surface area contributed by atoms with Crippen LogP contribution in [0.4, 0.5) is 5.69 Å². The zero-order valence-corrected chi connectivity index (χ0v) is 15.5. The van der Waals surface area contributed by atoms with Crippen molar-refractivity contribution in [3.63, 3.8) is 0 Å². The topological polar surface area (TPSA) is 86.4 Å². The van der Waals surface area contributed by atoms with Crippen molar-refractivity contribution in [2.75, 3.05) is 19.0 Å². The molecule has 0 aliphatic heterocycles. The van der Waals surface area contributed by atoms with Gasteiger partial charge in [0.15, 0.2) is 5.43 Å². The number of benzene rings is 1. The van der Waals surface area contributed by atoms with Crippen LogP contribution in [0.5, 0.6) is 0 Å². The van der Waals surface area contributed by atoms with Crippen LogP contribution in [0, 0.1) is 13.8 Å². The van der Waals surface area contributed by atoms with Crippen LogP contribution >= 0.6 is 0 Å². The molecular formula is C20H21N3O4. The van der Waals surface area contributed by atoms with Crippen LogP contribution in [0.15, 0.2) is 52.1 Å². The lowest BCUT2D eigenvalue weighted by molar-refractivity contribution is 0.102. The third kappa shape index (κ3) is 4.15. The van der Waals surface area contributed by atoms with Gasteiger partial charge >= 0.3 is 0 Å². The molecule has 0 aliphatic rings. The van der Waals surface area contributed by atoms with E-state index in [4.69, 9.17) is 9.15 Å². The number of carbonyl (C=O) groups excluding carboxylic acids is 1. The van der Waals surface area contributed by atoms with Gasteiger partial charge in [-0.3, -0.25) is 9.59 Å². The highest BCUT2D eigenvalue weighted by Crippen LogP contribution is 2.24. The molecule has 0 atom stereocenters. The van der Waals surface area contributed by atoms with Crippen molar-refractivity contribution in [2.45, 2.75) is 20.4 Å². The average molecular weight is 367 g/mol. The number of aromatic nitrogens is 2. The van der Waals surface area contributed by atoms with Crippen LogP contribution in [0.2, 0.25) is 0 Å². The molecule has 3 rings (SSSR count). The Bertz CT molecular complexity index is 1010. The van der Waals surface area contributed by atoms with E-state index in [1.807, 2.05) is 30.5 Å². The van der Waals surface area contributed by atoms with E-state index in [1.165, 1.54) is 12.3 Å². The summed E-state index contributed by atoms with van der Waals surface area (Å²) in [5.74, 6) is 0.00146. The van der Waals surface area contributed by atoms with E-state index in [0.717, 1.165) is 16.8 Å². The highest BCUT2D eigenvalue weighted by atomic mass is 16.5. The van der Waals surface area contributed by atoms with Gasteiger partial charge in [-0.1, -0.05) is 6.07 Å². The first-order valence-electron chi connectivity index (χ1n) is 8.51. The molecule has 0 aliphatic carbocycles. The van der Waals surface area contributed by atoms with Gasteiger partial charge in [0.1, 0.15) is 11.8 Å². The second-order valence-electron chi connectivity index (χ2n) is 6.20. The molecular weight excluding hydrogens is 346 g/mol. The third-order valence-electron chi connectivity index (χ3n) is 4.29. The number of oxazole rings is 1. The number of hydrogen-bond donors (Lipinski definition) is 1. The zero-order chi connectivity index (χ0) is 19.4. The molecule has 7 nitrogen and oxygen atoms in total. The first kappa shape index (κ1) is 18.6. The summed E-state index contributed by atoms with van der Waals surface area (Å²) in [4.78, 5) is 29.1. The predicted octanol–water partition coefficient (Wildman–Crippen LogP) is 3.02. The Morgan fingerprint density at radius 3 is 2.81 bits per heavy atom. The second kappa shape index (κ2) is 8.01. The Kier molecular flexibility index (Phi) is 5.52. The number of amides is 1. The van der Waals surface area contributed by atoms with Crippen LogP contribution in [0.3, 0.4) is 0 Å². The molecule has 0 unspecified atom stereocenters. The van der Waals surface area contributed by atoms with E-state index >= 15 is 0 Å². The molecule has 0 radical (unpaired) electrons. The smallest absolute Gasteiger partial charge is 0.261 e. The molecule has 27 heavy (non-hydrogen) atoms. The SMILES string of the molecule is COCCn1cc(C(=O)Nc2cc(-c3ncco3)ccc2C)c(=O)cc1C. The van der Waals surface area contributed by atoms with Crippen molar-refractivity contribution in [3.8, 4) is 11.5 Å². The molecule has 1 N–H and O–H groups in total. The van der Waals surface area contributed by atoms with Gasteiger partial charge in [-0.05, 0) is 31.5 Å². The molecule has 140 valence electrons. The number of ether oxygens (including phenoxy) is 1. The third-order valence-corrected chi connectivity index (χ3v) is 4.29. The number of anilines is 1. The maximum atomic E-state index is 12.7. The summed E-state index contributed by atoms with van der Waals surface area (Å²) in [6, 6.07) is 6.96. The lowest BCUT2D eigenvalue weighted by atomic mass is 10.1. The van der Waals surface area contributed by atoms with E-state index < -0.39 is 5.91 Å². The van der Waals surface area contributed by atoms with Gasteiger partial charge in [0.05, 0.1) is 12.8 Å². The number of methoxy groups -OCH3 is 1. The number of carbonyl (C=O) groups is 1. The Morgan fingerprint density at radius 1 is 1.30 bits per heavy atom. The number of nitrogens with one attached hydrogen (secondary N) is 1. The summed E-state index contributed by atoms with van der Waals surface area (Å²) in [5, 5.41) is 2.82. The fourth-order valence-corrected chi connectivity index (χ4v) is 2.72. The molecule has 0 spiro atoms. The first-order chi connectivity index (χ1) is 13.0. The minimum atomic E-state index is -0.459. The Morgan fingerprint density at radius 2 is 2.11 bits per heavy atom. The quantitative estimate of drug-likeness (QED) is 0.724. The van der Waals surface area contributed by atoms with Crippen LogP contribution in [0.25, 0.3) is 11.5 Å².